The minimum Gasteiger partial charge on any atom is -0.492 e. The fourth-order valence-electron chi connectivity index (χ4n) is 2.18. The lowest BCUT2D eigenvalue weighted by Crippen LogP contribution is -2.33. The molecule has 0 saturated heterocycles. The fraction of sp³-hybridized carbons (Fsp3) is 0.316. The summed E-state index contributed by atoms with van der Waals surface area (Å²) in [6, 6.07) is 17.6. The molecule has 4 nitrogen and oxygen atoms in total. The summed E-state index contributed by atoms with van der Waals surface area (Å²) >= 11 is 0. The van der Waals surface area contributed by atoms with Gasteiger partial charge in [-0.15, -0.1) is 0 Å². The highest BCUT2D eigenvalue weighted by molar-refractivity contribution is 5.92. The minimum atomic E-state index is -0.0172. The third kappa shape index (κ3) is 6.12. The predicted molar refractivity (Wildman–Crippen MR) is 93.9 cm³/mol. The Morgan fingerprint density at radius 1 is 1.09 bits per heavy atom. The molecule has 0 spiro atoms. The molecule has 122 valence electrons. The molecule has 1 amide bonds. The molecule has 0 saturated carbocycles. The van der Waals surface area contributed by atoms with E-state index in [4.69, 9.17) is 4.74 Å². The zero-order valence-corrected chi connectivity index (χ0v) is 13.8. The molecule has 2 aromatic carbocycles. The van der Waals surface area contributed by atoms with Crippen molar-refractivity contribution in [1.82, 2.24) is 4.90 Å². The van der Waals surface area contributed by atoms with Crippen LogP contribution in [0.25, 0.3) is 0 Å². The van der Waals surface area contributed by atoms with E-state index in [0.717, 1.165) is 17.9 Å². The standard InChI is InChI=1S/C19H24N2O2/c1-3-16-9-11-17(12-10-16)20-19(22)15-21(2)13-14-23-18-7-5-4-6-8-18/h4-12H,3,13-15H2,1-2H3,(H,20,22). The second kappa shape index (κ2) is 8.96. The third-order valence-electron chi connectivity index (χ3n) is 3.54. The van der Waals surface area contributed by atoms with Crippen LogP contribution in [-0.4, -0.2) is 37.6 Å². The fourth-order valence-corrected chi connectivity index (χ4v) is 2.18. The van der Waals surface area contributed by atoms with Crippen LogP contribution < -0.4 is 10.1 Å². The van der Waals surface area contributed by atoms with Gasteiger partial charge in [0.2, 0.25) is 5.91 Å². The number of hydrogen-bond donors (Lipinski definition) is 1. The number of carbonyl (C=O) groups is 1. The van der Waals surface area contributed by atoms with Gasteiger partial charge in [-0.2, -0.15) is 0 Å². The van der Waals surface area contributed by atoms with Gasteiger partial charge in [-0.25, -0.2) is 0 Å². The highest BCUT2D eigenvalue weighted by atomic mass is 16.5. The number of nitrogens with zero attached hydrogens (tertiary/aromatic N) is 1. The van der Waals surface area contributed by atoms with E-state index in [-0.39, 0.29) is 5.91 Å². The van der Waals surface area contributed by atoms with Crippen LogP contribution in [0.5, 0.6) is 5.75 Å². The smallest absolute Gasteiger partial charge is 0.238 e. The number of benzene rings is 2. The van der Waals surface area contributed by atoms with Crippen molar-refractivity contribution in [2.75, 3.05) is 32.1 Å². The van der Waals surface area contributed by atoms with Gasteiger partial charge in [0.15, 0.2) is 0 Å². The number of likely N-dealkylation sites (N-methyl/N-ethyl adjacent to an activating group) is 1. The van der Waals surface area contributed by atoms with Crippen LogP contribution in [-0.2, 0) is 11.2 Å². The molecule has 2 rings (SSSR count). The van der Waals surface area contributed by atoms with Crippen molar-refractivity contribution in [3.05, 3.63) is 60.2 Å². The van der Waals surface area contributed by atoms with E-state index in [1.165, 1.54) is 5.56 Å². The molecule has 0 aliphatic carbocycles. The highest BCUT2D eigenvalue weighted by Crippen LogP contribution is 2.10. The second-order valence-corrected chi connectivity index (χ2v) is 5.50. The lowest BCUT2D eigenvalue weighted by atomic mass is 10.1. The van der Waals surface area contributed by atoms with Gasteiger partial charge in [-0.3, -0.25) is 9.69 Å². The average molecular weight is 312 g/mol. The number of rotatable bonds is 8. The topological polar surface area (TPSA) is 41.6 Å². The Kier molecular flexibility index (Phi) is 6.63. The number of amides is 1. The SMILES string of the molecule is CCc1ccc(NC(=O)CN(C)CCOc2ccccc2)cc1. The van der Waals surface area contributed by atoms with Crippen molar-refractivity contribution >= 4 is 11.6 Å². The van der Waals surface area contributed by atoms with Crippen molar-refractivity contribution in [1.29, 1.82) is 0 Å². The molecule has 0 bridgehead atoms. The van der Waals surface area contributed by atoms with E-state index in [1.807, 2.05) is 66.5 Å². The van der Waals surface area contributed by atoms with E-state index < -0.39 is 0 Å². The molecule has 4 heteroatoms. The molecule has 23 heavy (non-hydrogen) atoms. The summed E-state index contributed by atoms with van der Waals surface area (Å²) in [7, 11) is 1.91. The van der Waals surface area contributed by atoms with Crippen molar-refractivity contribution in [3.63, 3.8) is 0 Å². The third-order valence-corrected chi connectivity index (χ3v) is 3.54. The second-order valence-electron chi connectivity index (χ2n) is 5.50. The zero-order chi connectivity index (χ0) is 16.5. The lowest BCUT2D eigenvalue weighted by molar-refractivity contribution is -0.117. The molecule has 0 unspecified atom stereocenters. The number of para-hydroxylation sites is 1. The Morgan fingerprint density at radius 3 is 2.43 bits per heavy atom. The van der Waals surface area contributed by atoms with E-state index in [0.29, 0.717) is 19.7 Å². The number of carbonyl (C=O) groups excluding carboxylic acids is 1. The van der Waals surface area contributed by atoms with Gasteiger partial charge in [0.1, 0.15) is 12.4 Å². The van der Waals surface area contributed by atoms with Crippen LogP contribution >= 0.6 is 0 Å². The van der Waals surface area contributed by atoms with Crippen LogP contribution in [0.4, 0.5) is 5.69 Å². The number of anilines is 1. The Bertz CT molecular complexity index is 597. The summed E-state index contributed by atoms with van der Waals surface area (Å²) < 4.78 is 5.63. The van der Waals surface area contributed by atoms with Crippen LogP contribution in [0.15, 0.2) is 54.6 Å². The van der Waals surface area contributed by atoms with Gasteiger partial charge in [0.25, 0.3) is 0 Å². The van der Waals surface area contributed by atoms with Gasteiger partial charge in [0, 0.05) is 12.2 Å². The number of aryl methyl sites for hydroxylation is 1. The molecule has 1 N–H and O–H groups in total. The molecular weight excluding hydrogens is 288 g/mol. The maximum Gasteiger partial charge on any atom is 0.238 e. The summed E-state index contributed by atoms with van der Waals surface area (Å²) in [6.07, 6.45) is 0.998. The van der Waals surface area contributed by atoms with Gasteiger partial charge < -0.3 is 10.1 Å². The average Bonchev–Trinajstić information content (AvgIpc) is 2.56. The number of ether oxygens (including phenoxy) is 1. The van der Waals surface area contributed by atoms with Gasteiger partial charge in [-0.1, -0.05) is 37.3 Å². The number of nitrogens with one attached hydrogen (secondary N) is 1. The van der Waals surface area contributed by atoms with Crippen molar-refractivity contribution in [2.45, 2.75) is 13.3 Å². The molecule has 0 aliphatic heterocycles. The van der Waals surface area contributed by atoms with Crippen molar-refractivity contribution in [2.24, 2.45) is 0 Å². The van der Waals surface area contributed by atoms with Gasteiger partial charge in [0.05, 0.1) is 6.54 Å². The first-order chi connectivity index (χ1) is 11.2. The normalized spacial score (nSPS) is 10.6. The molecule has 0 aliphatic rings. The van der Waals surface area contributed by atoms with Gasteiger partial charge >= 0.3 is 0 Å². The first-order valence-corrected chi connectivity index (χ1v) is 7.92. The van der Waals surface area contributed by atoms with E-state index in [1.54, 1.807) is 0 Å². The molecule has 0 heterocycles. The predicted octanol–water partition coefficient (Wildman–Crippen LogP) is 3.20. The van der Waals surface area contributed by atoms with Gasteiger partial charge in [-0.05, 0) is 43.3 Å². The van der Waals surface area contributed by atoms with Crippen LogP contribution in [0.3, 0.4) is 0 Å². The largest absolute Gasteiger partial charge is 0.492 e. The quantitative estimate of drug-likeness (QED) is 0.814. The maximum absolute atomic E-state index is 12.0. The molecular formula is C19H24N2O2. The summed E-state index contributed by atoms with van der Waals surface area (Å²) in [5.41, 5.74) is 2.10. The Morgan fingerprint density at radius 2 is 1.78 bits per heavy atom. The molecule has 0 atom stereocenters. The first-order valence-electron chi connectivity index (χ1n) is 7.92. The Balaban J connectivity index is 1.69. The van der Waals surface area contributed by atoms with Crippen LogP contribution in [0.2, 0.25) is 0 Å². The molecule has 0 radical (unpaired) electrons. The Labute approximate surface area is 138 Å². The molecule has 0 fully saturated rings. The number of hydrogen-bond acceptors (Lipinski definition) is 3. The van der Waals surface area contributed by atoms with Crippen molar-refractivity contribution in [3.8, 4) is 5.75 Å². The summed E-state index contributed by atoms with van der Waals surface area (Å²) in [5.74, 6) is 0.831. The monoisotopic (exact) mass is 312 g/mol. The van der Waals surface area contributed by atoms with Crippen LogP contribution in [0.1, 0.15) is 12.5 Å². The summed E-state index contributed by atoms with van der Waals surface area (Å²) in [4.78, 5) is 14.0. The summed E-state index contributed by atoms with van der Waals surface area (Å²) in [5, 5.41) is 2.91. The minimum absolute atomic E-state index is 0.0172. The first kappa shape index (κ1) is 17.0. The van der Waals surface area contributed by atoms with Crippen molar-refractivity contribution < 1.29 is 9.53 Å². The Hall–Kier alpha value is -2.33. The van der Waals surface area contributed by atoms with E-state index >= 15 is 0 Å². The maximum atomic E-state index is 12.0. The zero-order valence-electron chi connectivity index (χ0n) is 13.8. The molecule has 2 aromatic rings. The van der Waals surface area contributed by atoms with E-state index in [2.05, 4.69) is 12.2 Å². The highest BCUT2D eigenvalue weighted by Gasteiger charge is 2.07. The van der Waals surface area contributed by atoms with Crippen LogP contribution in [0, 0.1) is 0 Å². The lowest BCUT2D eigenvalue weighted by Gasteiger charge is -2.16. The van der Waals surface area contributed by atoms with E-state index in [9.17, 15) is 4.79 Å². The molecule has 0 aromatic heterocycles. The summed E-state index contributed by atoms with van der Waals surface area (Å²) in [6.45, 7) is 3.70.